The van der Waals surface area contributed by atoms with E-state index in [1.165, 1.54) is 6.07 Å². The smallest absolute Gasteiger partial charge is 0.339 e. The highest BCUT2D eigenvalue weighted by molar-refractivity contribution is 6.02. The lowest BCUT2D eigenvalue weighted by atomic mass is 10.0. The molecule has 0 unspecified atom stereocenters. The summed E-state index contributed by atoms with van der Waals surface area (Å²) in [5, 5.41) is 29.2. The summed E-state index contributed by atoms with van der Waals surface area (Å²) >= 11 is 0. The topological polar surface area (TPSA) is 77.8 Å². The minimum atomic E-state index is -1.27. The molecule has 0 spiro atoms. The van der Waals surface area contributed by atoms with Crippen LogP contribution in [-0.4, -0.2) is 21.3 Å². The van der Waals surface area contributed by atoms with E-state index < -0.39 is 17.5 Å². The number of rotatable bonds is 1. The zero-order valence-corrected chi connectivity index (χ0v) is 8.56. The van der Waals surface area contributed by atoms with Crippen molar-refractivity contribution in [1.29, 1.82) is 0 Å². The van der Waals surface area contributed by atoms with Gasteiger partial charge in [0.25, 0.3) is 0 Å². The Morgan fingerprint density at radius 3 is 2.44 bits per heavy atom. The molecule has 0 amide bonds. The third-order valence-corrected chi connectivity index (χ3v) is 2.58. The van der Waals surface area contributed by atoms with Gasteiger partial charge in [0.1, 0.15) is 5.56 Å². The monoisotopic (exact) mass is 218 g/mol. The number of hydrogen-bond acceptors (Lipinski definition) is 3. The number of phenolic OH excluding ortho intramolecular Hbond substituents is 1. The largest absolute Gasteiger partial charge is 0.504 e. The molecule has 0 radical (unpaired) electrons. The number of carboxylic acids is 1. The number of benzene rings is 2. The van der Waals surface area contributed by atoms with E-state index in [0.29, 0.717) is 10.8 Å². The highest BCUT2D eigenvalue weighted by Gasteiger charge is 2.17. The molecule has 0 aromatic heterocycles. The fourth-order valence-electron chi connectivity index (χ4n) is 1.71. The molecule has 0 fully saturated rings. The number of carbonyl (C=O) groups is 1. The van der Waals surface area contributed by atoms with E-state index >= 15 is 0 Å². The molecule has 0 saturated heterocycles. The first-order valence-electron chi connectivity index (χ1n) is 4.70. The summed E-state index contributed by atoms with van der Waals surface area (Å²) in [6.07, 6.45) is 0. The Morgan fingerprint density at radius 2 is 1.81 bits per heavy atom. The minimum absolute atomic E-state index is 0.292. The first-order valence-corrected chi connectivity index (χ1v) is 4.70. The SMILES string of the molecule is Cc1cccc2c(O)c(O)c(C(=O)O)cc12. The van der Waals surface area contributed by atoms with Gasteiger partial charge in [-0.05, 0) is 23.9 Å². The Bertz CT molecular complexity index is 587. The third-order valence-electron chi connectivity index (χ3n) is 2.58. The number of aromatic carboxylic acids is 1. The Labute approximate surface area is 91.4 Å². The molecule has 4 heteroatoms. The molecule has 16 heavy (non-hydrogen) atoms. The summed E-state index contributed by atoms with van der Waals surface area (Å²) < 4.78 is 0. The second kappa shape index (κ2) is 3.41. The lowest BCUT2D eigenvalue weighted by molar-refractivity contribution is 0.0693. The van der Waals surface area contributed by atoms with Gasteiger partial charge in [-0.15, -0.1) is 0 Å². The highest BCUT2D eigenvalue weighted by Crippen LogP contribution is 2.38. The van der Waals surface area contributed by atoms with E-state index in [2.05, 4.69) is 0 Å². The molecule has 4 nitrogen and oxygen atoms in total. The third kappa shape index (κ3) is 1.35. The zero-order chi connectivity index (χ0) is 11.9. The van der Waals surface area contributed by atoms with Crippen LogP contribution in [0.25, 0.3) is 10.8 Å². The average molecular weight is 218 g/mol. The van der Waals surface area contributed by atoms with Gasteiger partial charge >= 0.3 is 5.97 Å². The maximum absolute atomic E-state index is 10.9. The van der Waals surface area contributed by atoms with Crippen molar-refractivity contribution in [3.05, 3.63) is 35.4 Å². The molecule has 82 valence electrons. The fraction of sp³-hybridized carbons (Fsp3) is 0.0833. The van der Waals surface area contributed by atoms with Gasteiger partial charge in [0.05, 0.1) is 0 Å². The van der Waals surface area contributed by atoms with E-state index in [1.807, 2.05) is 13.0 Å². The van der Waals surface area contributed by atoms with Crippen LogP contribution in [0.4, 0.5) is 0 Å². The van der Waals surface area contributed by atoms with Crippen molar-refractivity contribution in [3.8, 4) is 11.5 Å². The minimum Gasteiger partial charge on any atom is -0.504 e. The summed E-state index contributed by atoms with van der Waals surface area (Å²) in [5.74, 6) is -2.25. The summed E-state index contributed by atoms with van der Waals surface area (Å²) in [6, 6.07) is 6.53. The number of aromatic hydroxyl groups is 2. The highest BCUT2D eigenvalue weighted by atomic mass is 16.4. The maximum atomic E-state index is 10.9. The van der Waals surface area contributed by atoms with Crippen LogP contribution in [0.1, 0.15) is 15.9 Å². The van der Waals surface area contributed by atoms with Crippen molar-refractivity contribution in [1.82, 2.24) is 0 Å². The normalized spacial score (nSPS) is 10.6. The fourth-order valence-corrected chi connectivity index (χ4v) is 1.71. The van der Waals surface area contributed by atoms with Gasteiger partial charge in [-0.3, -0.25) is 0 Å². The summed E-state index contributed by atoms with van der Waals surface area (Å²) in [6.45, 7) is 1.81. The van der Waals surface area contributed by atoms with Crippen molar-refractivity contribution in [2.24, 2.45) is 0 Å². The molecule has 0 aliphatic carbocycles. The van der Waals surface area contributed by atoms with Crippen LogP contribution in [-0.2, 0) is 0 Å². The van der Waals surface area contributed by atoms with Crippen molar-refractivity contribution >= 4 is 16.7 Å². The van der Waals surface area contributed by atoms with Crippen molar-refractivity contribution < 1.29 is 20.1 Å². The van der Waals surface area contributed by atoms with Crippen molar-refractivity contribution in [2.45, 2.75) is 6.92 Å². The number of carboxylic acid groups (broad SMARTS) is 1. The first-order chi connectivity index (χ1) is 7.52. The van der Waals surface area contributed by atoms with Crippen LogP contribution in [0.5, 0.6) is 11.5 Å². The predicted octanol–water partition coefficient (Wildman–Crippen LogP) is 2.26. The molecule has 0 heterocycles. The zero-order valence-electron chi connectivity index (χ0n) is 8.56. The van der Waals surface area contributed by atoms with Crippen LogP contribution in [0.3, 0.4) is 0 Å². The van der Waals surface area contributed by atoms with Crippen LogP contribution >= 0.6 is 0 Å². The number of fused-ring (bicyclic) bond motifs is 1. The molecule has 2 aromatic carbocycles. The summed E-state index contributed by atoms with van der Waals surface area (Å²) in [4.78, 5) is 10.9. The summed E-state index contributed by atoms with van der Waals surface area (Å²) in [7, 11) is 0. The van der Waals surface area contributed by atoms with E-state index in [-0.39, 0.29) is 5.56 Å². The molecule has 0 aliphatic rings. The van der Waals surface area contributed by atoms with Gasteiger partial charge in [0.2, 0.25) is 0 Å². The number of aryl methyl sites for hydroxylation is 1. The quantitative estimate of drug-likeness (QED) is 0.641. The van der Waals surface area contributed by atoms with E-state index in [9.17, 15) is 15.0 Å². The van der Waals surface area contributed by atoms with Crippen LogP contribution < -0.4 is 0 Å². The average Bonchev–Trinajstić information content (AvgIpc) is 2.23. The second-order valence-corrected chi connectivity index (χ2v) is 3.60. The van der Waals surface area contributed by atoms with Gasteiger partial charge in [-0.25, -0.2) is 4.79 Å². The Hall–Kier alpha value is -2.23. The van der Waals surface area contributed by atoms with Crippen LogP contribution in [0.15, 0.2) is 24.3 Å². The Morgan fingerprint density at radius 1 is 1.12 bits per heavy atom. The van der Waals surface area contributed by atoms with Gasteiger partial charge in [0.15, 0.2) is 11.5 Å². The molecule has 2 aromatic rings. The molecule has 0 saturated carbocycles. The van der Waals surface area contributed by atoms with E-state index in [0.717, 1.165) is 5.56 Å². The Kier molecular flexibility index (Phi) is 2.20. The van der Waals surface area contributed by atoms with Gasteiger partial charge in [0, 0.05) is 5.39 Å². The number of phenols is 2. The number of hydrogen-bond donors (Lipinski definition) is 3. The predicted molar refractivity (Wildman–Crippen MR) is 59.0 cm³/mol. The van der Waals surface area contributed by atoms with E-state index in [1.54, 1.807) is 12.1 Å². The maximum Gasteiger partial charge on any atom is 0.339 e. The summed E-state index contributed by atoms with van der Waals surface area (Å²) in [5.41, 5.74) is 0.551. The van der Waals surface area contributed by atoms with Gasteiger partial charge in [-0.2, -0.15) is 0 Å². The van der Waals surface area contributed by atoms with Crippen LogP contribution in [0.2, 0.25) is 0 Å². The molecule has 0 aliphatic heterocycles. The molecule has 3 N–H and O–H groups in total. The molecular weight excluding hydrogens is 208 g/mol. The standard InChI is InChI=1S/C12H10O4/c1-6-3-2-4-7-8(6)5-9(12(15)16)11(14)10(7)13/h2-5,13-14H,1H3,(H,15,16). The molecule has 2 rings (SSSR count). The van der Waals surface area contributed by atoms with Crippen molar-refractivity contribution in [3.63, 3.8) is 0 Å². The van der Waals surface area contributed by atoms with Gasteiger partial charge in [-0.1, -0.05) is 18.2 Å². The molecule has 0 bridgehead atoms. The van der Waals surface area contributed by atoms with Crippen LogP contribution in [0, 0.1) is 6.92 Å². The lowest BCUT2D eigenvalue weighted by Gasteiger charge is -2.08. The van der Waals surface area contributed by atoms with Gasteiger partial charge < -0.3 is 15.3 Å². The molecule has 0 atom stereocenters. The first kappa shape index (κ1) is 10.3. The lowest BCUT2D eigenvalue weighted by Crippen LogP contribution is -1.97. The molecular formula is C12H10O4. The second-order valence-electron chi connectivity index (χ2n) is 3.60. The van der Waals surface area contributed by atoms with E-state index in [4.69, 9.17) is 5.11 Å². The van der Waals surface area contributed by atoms with Crippen molar-refractivity contribution in [2.75, 3.05) is 0 Å². The Balaban J connectivity index is 2.94.